The van der Waals surface area contributed by atoms with Crippen molar-refractivity contribution in [3.8, 4) is 5.75 Å². The highest BCUT2D eigenvalue weighted by Crippen LogP contribution is 2.45. The van der Waals surface area contributed by atoms with Crippen molar-refractivity contribution >= 4 is 5.97 Å². The zero-order chi connectivity index (χ0) is 14.7. The van der Waals surface area contributed by atoms with Gasteiger partial charge in [-0.05, 0) is 18.9 Å². The number of rotatable bonds is 4. The van der Waals surface area contributed by atoms with E-state index < -0.39 is 11.4 Å². The van der Waals surface area contributed by atoms with E-state index in [1.165, 1.54) is 0 Å². The molecule has 1 saturated carbocycles. The van der Waals surface area contributed by atoms with Gasteiger partial charge in [0.05, 0.1) is 18.6 Å². The SMILES string of the molecule is O=C(O)C1(c2ccccc2OC2CCOCC2)CCCC1. The summed E-state index contributed by atoms with van der Waals surface area (Å²) in [6.07, 6.45) is 5.22. The molecule has 21 heavy (non-hydrogen) atoms. The van der Waals surface area contributed by atoms with Gasteiger partial charge in [-0.25, -0.2) is 0 Å². The van der Waals surface area contributed by atoms with Gasteiger partial charge in [0.2, 0.25) is 0 Å². The molecule has 0 radical (unpaired) electrons. The van der Waals surface area contributed by atoms with Crippen molar-refractivity contribution in [1.29, 1.82) is 0 Å². The molecule has 0 spiro atoms. The zero-order valence-electron chi connectivity index (χ0n) is 12.2. The van der Waals surface area contributed by atoms with Crippen LogP contribution in [-0.2, 0) is 14.9 Å². The Morgan fingerprint density at radius 2 is 1.86 bits per heavy atom. The van der Waals surface area contributed by atoms with Crippen LogP contribution in [0.25, 0.3) is 0 Å². The molecule has 1 aromatic rings. The van der Waals surface area contributed by atoms with E-state index in [2.05, 4.69) is 0 Å². The van der Waals surface area contributed by atoms with Crippen LogP contribution in [0.1, 0.15) is 44.1 Å². The Morgan fingerprint density at radius 3 is 2.52 bits per heavy atom. The smallest absolute Gasteiger partial charge is 0.314 e. The van der Waals surface area contributed by atoms with E-state index in [4.69, 9.17) is 9.47 Å². The molecule has 2 fully saturated rings. The lowest BCUT2D eigenvalue weighted by atomic mass is 9.78. The van der Waals surface area contributed by atoms with Crippen LogP contribution in [-0.4, -0.2) is 30.4 Å². The molecule has 0 bridgehead atoms. The van der Waals surface area contributed by atoms with Crippen LogP contribution >= 0.6 is 0 Å². The number of carbonyl (C=O) groups is 1. The first-order valence-electron chi connectivity index (χ1n) is 7.80. The van der Waals surface area contributed by atoms with Crippen LogP contribution in [0.2, 0.25) is 0 Å². The maximum absolute atomic E-state index is 11.9. The zero-order valence-corrected chi connectivity index (χ0v) is 12.2. The fourth-order valence-electron chi connectivity index (χ4n) is 3.52. The molecule has 0 unspecified atom stereocenters. The second-order valence-electron chi connectivity index (χ2n) is 6.02. The molecule has 4 nitrogen and oxygen atoms in total. The predicted octanol–water partition coefficient (Wildman–Crippen LogP) is 3.14. The summed E-state index contributed by atoms with van der Waals surface area (Å²) in [5.74, 6) is 0.0247. The summed E-state index contributed by atoms with van der Waals surface area (Å²) in [5.41, 5.74) is 0.0865. The normalized spacial score (nSPS) is 22.1. The van der Waals surface area contributed by atoms with E-state index in [9.17, 15) is 9.90 Å². The molecule has 1 N–H and O–H groups in total. The highest BCUT2D eigenvalue weighted by atomic mass is 16.5. The predicted molar refractivity (Wildman–Crippen MR) is 78.7 cm³/mol. The van der Waals surface area contributed by atoms with Crippen LogP contribution in [0.5, 0.6) is 5.75 Å². The van der Waals surface area contributed by atoms with Gasteiger partial charge in [0.15, 0.2) is 0 Å². The fourth-order valence-corrected chi connectivity index (χ4v) is 3.52. The number of carboxylic acid groups (broad SMARTS) is 1. The Balaban J connectivity index is 1.89. The maximum atomic E-state index is 11.9. The monoisotopic (exact) mass is 290 g/mol. The Hall–Kier alpha value is -1.55. The number of hydrogen-bond donors (Lipinski definition) is 1. The molecule has 1 aliphatic heterocycles. The molecule has 1 aromatic carbocycles. The molecule has 3 rings (SSSR count). The van der Waals surface area contributed by atoms with Gasteiger partial charge in [-0.2, -0.15) is 0 Å². The van der Waals surface area contributed by atoms with E-state index in [1.807, 2.05) is 24.3 Å². The van der Waals surface area contributed by atoms with Gasteiger partial charge in [-0.15, -0.1) is 0 Å². The summed E-state index contributed by atoms with van der Waals surface area (Å²) in [4.78, 5) is 11.9. The lowest BCUT2D eigenvalue weighted by molar-refractivity contribution is -0.143. The van der Waals surface area contributed by atoms with Crippen LogP contribution in [0.15, 0.2) is 24.3 Å². The fraction of sp³-hybridized carbons (Fsp3) is 0.588. The number of hydrogen-bond acceptors (Lipinski definition) is 3. The van der Waals surface area contributed by atoms with E-state index in [-0.39, 0.29) is 6.10 Å². The minimum Gasteiger partial charge on any atom is -0.490 e. The van der Waals surface area contributed by atoms with Gasteiger partial charge in [0.25, 0.3) is 0 Å². The quantitative estimate of drug-likeness (QED) is 0.925. The van der Waals surface area contributed by atoms with Gasteiger partial charge in [-0.1, -0.05) is 31.0 Å². The van der Waals surface area contributed by atoms with Crippen LogP contribution in [0, 0.1) is 0 Å². The number of para-hydroxylation sites is 1. The lowest BCUT2D eigenvalue weighted by Gasteiger charge is -2.30. The summed E-state index contributed by atoms with van der Waals surface area (Å²) in [7, 11) is 0. The van der Waals surface area contributed by atoms with Crippen molar-refractivity contribution < 1.29 is 19.4 Å². The lowest BCUT2D eigenvalue weighted by Crippen LogP contribution is -2.34. The summed E-state index contributed by atoms with van der Waals surface area (Å²) in [6.45, 7) is 1.44. The third-order valence-corrected chi connectivity index (χ3v) is 4.73. The summed E-state index contributed by atoms with van der Waals surface area (Å²) < 4.78 is 11.5. The molecule has 4 heteroatoms. The Labute approximate surface area is 125 Å². The van der Waals surface area contributed by atoms with Crippen molar-refractivity contribution in [2.24, 2.45) is 0 Å². The Bertz CT molecular complexity index is 499. The van der Waals surface area contributed by atoms with Crippen molar-refractivity contribution in [3.63, 3.8) is 0 Å². The first-order valence-corrected chi connectivity index (χ1v) is 7.80. The number of benzene rings is 1. The van der Waals surface area contributed by atoms with E-state index in [0.717, 1.165) is 50.2 Å². The Kier molecular flexibility index (Phi) is 4.15. The van der Waals surface area contributed by atoms with E-state index >= 15 is 0 Å². The van der Waals surface area contributed by atoms with Crippen molar-refractivity contribution in [2.45, 2.75) is 50.0 Å². The first-order chi connectivity index (χ1) is 10.2. The van der Waals surface area contributed by atoms with E-state index in [1.54, 1.807) is 0 Å². The average Bonchev–Trinajstić information content (AvgIpc) is 3.00. The number of aliphatic carboxylic acids is 1. The molecule has 1 heterocycles. The van der Waals surface area contributed by atoms with Gasteiger partial charge in [-0.3, -0.25) is 4.79 Å². The summed E-state index contributed by atoms with van der Waals surface area (Å²) in [6, 6.07) is 7.67. The van der Waals surface area contributed by atoms with E-state index in [0.29, 0.717) is 12.8 Å². The second-order valence-corrected chi connectivity index (χ2v) is 6.02. The molecule has 0 amide bonds. The molecule has 2 aliphatic rings. The first kappa shape index (κ1) is 14.4. The second kappa shape index (κ2) is 6.06. The summed E-state index contributed by atoms with van der Waals surface area (Å²) in [5, 5.41) is 9.77. The minimum absolute atomic E-state index is 0.132. The topological polar surface area (TPSA) is 55.8 Å². The van der Waals surface area contributed by atoms with Crippen LogP contribution < -0.4 is 4.74 Å². The minimum atomic E-state index is -0.762. The van der Waals surface area contributed by atoms with Gasteiger partial charge >= 0.3 is 5.97 Å². The highest BCUT2D eigenvalue weighted by Gasteiger charge is 2.44. The van der Waals surface area contributed by atoms with Crippen molar-refractivity contribution in [1.82, 2.24) is 0 Å². The van der Waals surface area contributed by atoms with Gasteiger partial charge < -0.3 is 14.6 Å². The third kappa shape index (κ3) is 2.77. The van der Waals surface area contributed by atoms with Crippen LogP contribution in [0.3, 0.4) is 0 Å². The standard InChI is InChI=1S/C17H22O4/c18-16(19)17(9-3-4-10-17)14-5-1-2-6-15(14)21-13-7-11-20-12-8-13/h1-2,5-6,13H,3-4,7-12H2,(H,18,19). The largest absolute Gasteiger partial charge is 0.490 e. The highest BCUT2D eigenvalue weighted by molar-refractivity contribution is 5.83. The van der Waals surface area contributed by atoms with Crippen molar-refractivity contribution in [3.05, 3.63) is 29.8 Å². The average molecular weight is 290 g/mol. The third-order valence-electron chi connectivity index (χ3n) is 4.73. The molecule has 1 aliphatic carbocycles. The molecule has 1 saturated heterocycles. The van der Waals surface area contributed by atoms with Gasteiger partial charge in [0, 0.05) is 18.4 Å². The molecule has 114 valence electrons. The van der Waals surface area contributed by atoms with Gasteiger partial charge in [0.1, 0.15) is 11.9 Å². The molecule has 0 aromatic heterocycles. The molecular weight excluding hydrogens is 268 g/mol. The van der Waals surface area contributed by atoms with Crippen LogP contribution in [0.4, 0.5) is 0 Å². The number of carboxylic acids is 1. The summed E-state index contributed by atoms with van der Waals surface area (Å²) >= 11 is 0. The maximum Gasteiger partial charge on any atom is 0.314 e. The molecular formula is C17H22O4. The van der Waals surface area contributed by atoms with Crippen molar-refractivity contribution in [2.75, 3.05) is 13.2 Å². The molecule has 0 atom stereocenters. The number of ether oxygens (including phenoxy) is 2. The Morgan fingerprint density at radius 1 is 1.19 bits per heavy atom.